The average Bonchev–Trinajstić information content (AvgIpc) is 2.28. The Kier molecular flexibility index (Phi) is 6.75. The molecule has 5 heteroatoms. The summed E-state index contributed by atoms with van der Waals surface area (Å²) in [6.45, 7) is 3.96. The van der Waals surface area contributed by atoms with Gasteiger partial charge in [-0.25, -0.2) is 4.79 Å². The molecule has 0 saturated heterocycles. The molecular weight excluding hydrogens is 284 g/mol. The Morgan fingerprint density at radius 3 is 2.72 bits per heavy atom. The molecule has 0 spiro atoms. The van der Waals surface area contributed by atoms with E-state index >= 15 is 0 Å². The van der Waals surface area contributed by atoms with E-state index in [2.05, 4.69) is 6.92 Å². The molecule has 1 N–H and O–H groups in total. The van der Waals surface area contributed by atoms with Crippen LogP contribution in [-0.2, 0) is 0 Å². The molecule has 18 heavy (non-hydrogen) atoms. The van der Waals surface area contributed by atoms with E-state index in [-0.39, 0.29) is 0 Å². The predicted octanol–water partition coefficient (Wildman–Crippen LogP) is 4.60. The summed E-state index contributed by atoms with van der Waals surface area (Å²) >= 11 is 8.51. The molecule has 0 aliphatic rings. The summed E-state index contributed by atoms with van der Waals surface area (Å²) in [6.07, 6.45) is 2.34. The lowest BCUT2D eigenvalue weighted by molar-refractivity contribution is 0.0696. The number of carbonyl (C=O) groups is 1. The number of carboxylic acid groups (broad SMARTS) is 1. The number of benzene rings is 1. The van der Waals surface area contributed by atoms with Gasteiger partial charge in [-0.15, -0.1) is 11.8 Å². The Balaban J connectivity index is 2.60. The molecule has 0 atom stereocenters. The molecule has 1 rings (SSSR count). The highest BCUT2D eigenvalue weighted by atomic mass is 32.2. The molecule has 0 amide bonds. The average molecular weight is 300 g/mol. The summed E-state index contributed by atoms with van der Waals surface area (Å²) in [7, 11) is 0. The lowest BCUT2D eigenvalue weighted by Gasteiger charge is -2.06. The fraction of sp³-hybridized carbons (Fsp3) is 0.385. The number of aromatic carboxylic acids is 1. The molecule has 0 aliphatic carbocycles. The van der Waals surface area contributed by atoms with Crippen LogP contribution in [0.15, 0.2) is 23.1 Å². The van der Waals surface area contributed by atoms with Crippen molar-refractivity contribution < 1.29 is 9.90 Å². The largest absolute Gasteiger partial charge is 0.478 e. The van der Waals surface area contributed by atoms with E-state index in [1.807, 2.05) is 12.1 Å². The molecule has 0 heterocycles. The Labute approximate surface area is 122 Å². The smallest absolute Gasteiger partial charge is 0.335 e. The maximum atomic E-state index is 10.9. The van der Waals surface area contributed by atoms with E-state index < -0.39 is 5.97 Å². The topological polar surface area (TPSA) is 37.3 Å². The molecule has 2 nitrogen and oxygen atoms in total. The van der Waals surface area contributed by atoms with Gasteiger partial charge in [0.1, 0.15) is 3.53 Å². The minimum Gasteiger partial charge on any atom is -0.478 e. The maximum absolute atomic E-state index is 10.9. The summed E-state index contributed by atoms with van der Waals surface area (Å²) in [5.41, 5.74) is 1.12. The van der Waals surface area contributed by atoms with Crippen molar-refractivity contribution in [3.05, 3.63) is 29.3 Å². The highest BCUT2D eigenvalue weighted by molar-refractivity contribution is 8.47. The number of unbranched alkanes of at least 4 members (excludes halogenated alkanes) is 1. The molecule has 0 saturated carbocycles. The van der Waals surface area contributed by atoms with E-state index in [4.69, 9.17) is 17.3 Å². The zero-order chi connectivity index (χ0) is 13.5. The van der Waals surface area contributed by atoms with E-state index in [0.717, 1.165) is 19.7 Å². The van der Waals surface area contributed by atoms with Gasteiger partial charge in [-0.3, -0.25) is 0 Å². The summed E-state index contributed by atoms with van der Waals surface area (Å²) < 4.78 is 0.894. The predicted molar refractivity (Wildman–Crippen MR) is 84.0 cm³/mol. The van der Waals surface area contributed by atoms with Gasteiger partial charge in [0.05, 0.1) is 5.56 Å². The van der Waals surface area contributed by atoms with Crippen LogP contribution in [0.5, 0.6) is 0 Å². The van der Waals surface area contributed by atoms with Crippen molar-refractivity contribution in [1.82, 2.24) is 0 Å². The molecule has 1 aromatic carbocycles. The van der Waals surface area contributed by atoms with Gasteiger partial charge in [-0.1, -0.05) is 37.3 Å². The minimum absolute atomic E-state index is 0.351. The summed E-state index contributed by atoms with van der Waals surface area (Å²) in [6, 6.07) is 5.33. The molecule has 0 bridgehead atoms. The van der Waals surface area contributed by atoms with Gasteiger partial charge >= 0.3 is 5.97 Å². The fourth-order valence-electron chi connectivity index (χ4n) is 1.37. The number of thioether (sulfide) groups is 2. The summed E-state index contributed by atoms with van der Waals surface area (Å²) in [5, 5.41) is 8.95. The SMILES string of the molecule is CCCCSC(=S)Sc1ccc(C(=O)O)c(C)c1. The molecule has 0 aliphatic heterocycles. The number of carboxylic acids is 1. The van der Waals surface area contributed by atoms with Crippen molar-refractivity contribution in [3.63, 3.8) is 0 Å². The summed E-state index contributed by atoms with van der Waals surface area (Å²) in [4.78, 5) is 11.9. The second kappa shape index (κ2) is 7.81. The van der Waals surface area contributed by atoms with E-state index in [9.17, 15) is 4.79 Å². The molecular formula is C13H16O2S3. The number of hydrogen-bond donors (Lipinski definition) is 1. The van der Waals surface area contributed by atoms with Crippen molar-refractivity contribution in [2.75, 3.05) is 5.75 Å². The Bertz CT molecular complexity index is 444. The molecule has 0 radical (unpaired) electrons. The molecule has 0 unspecified atom stereocenters. The standard InChI is InChI=1S/C13H16O2S3/c1-3-4-7-17-13(16)18-10-5-6-11(12(14)15)9(2)8-10/h5-6,8H,3-4,7H2,1-2H3,(H,14,15). The fourth-order valence-corrected chi connectivity index (χ4v) is 3.84. The Hall–Kier alpha value is -0.520. The van der Waals surface area contributed by atoms with Crippen molar-refractivity contribution in [3.8, 4) is 0 Å². The van der Waals surface area contributed by atoms with E-state index in [1.165, 1.54) is 24.6 Å². The van der Waals surface area contributed by atoms with Gasteiger partial charge in [0.15, 0.2) is 0 Å². The maximum Gasteiger partial charge on any atom is 0.335 e. The second-order valence-electron chi connectivity index (χ2n) is 3.84. The highest BCUT2D eigenvalue weighted by Gasteiger charge is 2.08. The zero-order valence-corrected chi connectivity index (χ0v) is 12.9. The Morgan fingerprint density at radius 2 is 2.17 bits per heavy atom. The van der Waals surface area contributed by atoms with Crippen LogP contribution in [0.2, 0.25) is 0 Å². The normalized spacial score (nSPS) is 10.3. The van der Waals surface area contributed by atoms with Gasteiger partial charge in [0.2, 0.25) is 0 Å². The first-order chi connectivity index (χ1) is 8.54. The second-order valence-corrected chi connectivity index (χ2v) is 7.21. The molecule has 0 aromatic heterocycles. The third-order valence-corrected chi connectivity index (χ3v) is 4.94. The third kappa shape index (κ3) is 5.00. The lowest BCUT2D eigenvalue weighted by atomic mass is 10.1. The zero-order valence-electron chi connectivity index (χ0n) is 10.4. The minimum atomic E-state index is -0.885. The van der Waals surface area contributed by atoms with Gasteiger partial charge in [0, 0.05) is 4.90 Å². The first kappa shape index (κ1) is 15.5. The van der Waals surface area contributed by atoms with Crippen LogP contribution >= 0.6 is 35.7 Å². The first-order valence-electron chi connectivity index (χ1n) is 5.73. The van der Waals surface area contributed by atoms with Crippen LogP contribution in [0.1, 0.15) is 35.7 Å². The highest BCUT2D eigenvalue weighted by Crippen LogP contribution is 2.28. The van der Waals surface area contributed by atoms with Crippen molar-refractivity contribution >= 4 is 45.2 Å². The van der Waals surface area contributed by atoms with Gasteiger partial charge < -0.3 is 5.11 Å². The van der Waals surface area contributed by atoms with Crippen molar-refractivity contribution in [2.45, 2.75) is 31.6 Å². The van der Waals surface area contributed by atoms with Crippen LogP contribution in [0.3, 0.4) is 0 Å². The number of hydrogen-bond acceptors (Lipinski definition) is 4. The molecule has 0 fully saturated rings. The quantitative estimate of drug-likeness (QED) is 0.488. The summed E-state index contributed by atoms with van der Waals surface area (Å²) in [5.74, 6) is 0.165. The first-order valence-corrected chi connectivity index (χ1v) is 7.94. The monoisotopic (exact) mass is 300 g/mol. The Morgan fingerprint density at radius 1 is 1.44 bits per heavy atom. The number of aryl methyl sites for hydroxylation is 1. The van der Waals surface area contributed by atoms with E-state index in [0.29, 0.717) is 5.56 Å². The van der Waals surface area contributed by atoms with Crippen molar-refractivity contribution in [1.29, 1.82) is 0 Å². The van der Waals surface area contributed by atoms with Crippen LogP contribution in [0.4, 0.5) is 0 Å². The molecule has 98 valence electrons. The van der Waals surface area contributed by atoms with Gasteiger partial charge in [-0.05, 0) is 42.9 Å². The lowest BCUT2D eigenvalue weighted by Crippen LogP contribution is -1.99. The van der Waals surface area contributed by atoms with Crippen LogP contribution < -0.4 is 0 Å². The van der Waals surface area contributed by atoms with Crippen molar-refractivity contribution in [2.24, 2.45) is 0 Å². The number of thiocarbonyl (C=S) groups is 1. The van der Waals surface area contributed by atoms with E-state index in [1.54, 1.807) is 24.8 Å². The van der Waals surface area contributed by atoms with Gasteiger partial charge in [-0.2, -0.15) is 0 Å². The third-order valence-electron chi connectivity index (χ3n) is 2.35. The van der Waals surface area contributed by atoms with Crippen LogP contribution in [0.25, 0.3) is 0 Å². The molecule has 1 aromatic rings. The van der Waals surface area contributed by atoms with Crippen LogP contribution in [0, 0.1) is 6.92 Å². The van der Waals surface area contributed by atoms with Crippen LogP contribution in [-0.4, -0.2) is 20.4 Å². The van der Waals surface area contributed by atoms with Gasteiger partial charge in [0.25, 0.3) is 0 Å². The number of rotatable bonds is 5.